The van der Waals surface area contributed by atoms with Gasteiger partial charge in [-0.1, -0.05) is 22.0 Å². The number of furan rings is 1. The quantitative estimate of drug-likeness (QED) is 0.466. The molecule has 0 aliphatic carbocycles. The van der Waals surface area contributed by atoms with Crippen LogP contribution in [-0.2, 0) is 9.59 Å². The summed E-state index contributed by atoms with van der Waals surface area (Å²) in [5.74, 6) is -1.27. The van der Waals surface area contributed by atoms with Gasteiger partial charge in [0.1, 0.15) is 22.9 Å². The summed E-state index contributed by atoms with van der Waals surface area (Å²) < 4.78 is 19.4. The van der Waals surface area contributed by atoms with Crippen LogP contribution in [0.15, 0.2) is 75.1 Å². The molecule has 0 unspecified atom stereocenters. The first-order valence-electron chi connectivity index (χ1n) is 8.45. The number of urea groups is 1. The molecule has 4 amide bonds. The van der Waals surface area contributed by atoms with Gasteiger partial charge in [0.2, 0.25) is 0 Å². The van der Waals surface area contributed by atoms with Gasteiger partial charge in [0.15, 0.2) is 0 Å². The molecule has 4 rings (SSSR count). The molecule has 1 fully saturated rings. The Hall–Kier alpha value is -3.52. The number of anilines is 1. The van der Waals surface area contributed by atoms with Crippen molar-refractivity contribution >= 4 is 45.5 Å². The van der Waals surface area contributed by atoms with E-state index in [0.29, 0.717) is 21.5 Å². The van der Waals surface area contributed by atoms with Gasteiger partial charge in [-0.2, -0.15) is 0 Å². The van der Waals surface area contributed by atoms with E-state index < -0.39 is 17.8 Å². The molecule has 6 nitrogen and oxygen atoms in total. The maximum absolute atomic E-state index is 13.1. The van der Waals surface area contributed by atoms with Crippen molar-refractivity contribution in [1.82, 2.24) is 5.32 Å². The third-order valence-corrected chi connectivity index (χ3v) is 4.70. The van der Waals surface area contributed by atoms with E-state index in [9.17, 15) is 18.8 Å². The minimum absolute atomic E-state index is 0.242. The Morgan fingerprint density at radius 2 is 1.76 bits per heavy atom. The van der Waals surface area contributed by atoms with Crippen LogP contribution < -0.4 is 10.2 Å². The summed E-state index contributed by atoms with van der Waals surface area (Å²) in [6.45, 7) is 0. The maximum Gasteiger partial charge on any atom is 0.335 e. The average Bonchev–Trinajstić information content (AvgIpc) is 3.14. The highest BCUT2D eigenvalue weighted by atomic mass is 79.9. The van der Waals surface area contributed by atoms with Gasteiger partial charge in [-0.25, -0.2) is 14.1 Å². The van der Waals surface area contributed by atoms with Crippen LogP contribution in [0.1, 0.15) is 5.76 Å². The van der Waals surface area contributed by atoms with Gasteiger partial charge in [0, 0.05) is 10.0 Å². The summed E-state index contributed by atoms with van der Waals surface area (Å²) >= 11 is 3.29. The molecule has 2 aromatic carbocycles. The lowest BCUT2D eigenvalue weighted by atomic mass is 10.1. The summed E-state index contributed by atoms with van der Waals surface area (Å²) in [5.41, 5.74) is 0.706. The van der Waals surface area contributed by atoms with Crippen LogP contribution in [0.25, 0.3) is 17.4 Å². The van der Waals surface area contributed by atoms with E-state index in [-0.39, 0.29) is 17.2 Å². The summed E-state index contributed by atoms with van der Waals surface area (Å²) in [6.07, 6.45) is 1.27. The second-order valence-corrected chi connectivity index (χ2v) is 7.06. The normalized spacial score (nSPS) is 15.7. The summed E-state index contributed by atoms with van der Waals surface area (Å²) in [6, 6.07) is 14.7. The standard InChI is InChI=1S/C21H12BrFN2O4/c22-13-2-1-3-15(10-13)25-20(27)17(19(26)24-21(25)28)11-16-8-9-18(29-16)12-4-6-14(23)7-5-12/h1-11H,(H,24,26,28)/b17-11+. The minimum Gasteiger partial charge on any atom is -0.457 e. The topological polar surface area (TPSA) is 79.6 Å². The lowest BCUT2D eigenvalue weighted by Gasteiger charge is -2.26. The van der Waals surface area contributed by atoms with E-state index in [1.807, 2.05) is 0 Å². The fourth-order valence-electron chi connectivity index (χ4n) is 2.85. The monoisotopic (exact) mass is 454 g/mol. The van der Waals surface area contributed by atoms with Crippen molar-refractivity contribution < 1.29 is 23.2 Å². The van der Waals surface area contributed by atoms with Gasteiger partial charge in [0.05, 0.1) is 5.69 Å². The molecule has 0 bridgehead atoms. The van der Waals surface area contributed by atoms with Crippen LogP contribution in [-0.4, -0.2) is 17.8 Å². The Morgan fingerprint density at radius 1 is 1.00 bits per heavy atom. The van der Waals surface area contributed by atoms with E-state index in [0.717, 1.165) is 4.90 Å². The van der Waals surface area contributed by atoms with E-state index in [2.05, 4.69) is 21.2 Å². The second-order valence-electron chi connectivity index (χ2n) is 6.15. The number of carbonyl (C=O) groups is 3. The van der Waals surface area contributed by atoms with Gasteiger partial charge < -0.3 is 4.42 Å². The van der Waals surface area contributed by atoms with Crippen molar-refractivity contribution in [3.05, 3.63) is 82.3 Å². The smallest absolute Gasteiger partial charge is 0.335 e. The van der Waals surface area contributed by atoms with Crippen LogP contribution in [0, 0.1) is 5.82 Å². The largest absolute Gasteiger partial charge is 0.457 e. The van der Waals surface area contributed by atoms with Gasteiger partial charge >= 0.3 is 6.03 Å². The van der Waals surface area contributed by atoms with E-state index in [1.54, 1.807) is 48.5 Å². The molecule has 0 atom stereocenters. The van der Waals surface area contributed by atoms with E-state index >= 15 is 0 Å². The molecule has 1 aromatic heterocycles. The van der Waals surface area contributed by atoms with Crippen molar-refractivity contribution in [2.75, 3.05) is 4.90 Å². The number of halogens is 2. The zero-order valence-electron chi connectivity index (χ0n) is 14.7. The molecule has 3 aromatic rings. The zero-order valence-corrected chi connectivity index (χ0v) is 16.3. The fraction of sp³-hybridized carbons (Fsp3) is 0. The van der Waals surface area contributed by atoms with Crippen molar-refractivity contribution in [2.24, 2.45) is 0 Å². The Morgan fingerprint density at radius 3 is 2.48 bits per heavy atom. The molecule has 1 N–H and O–H groups in total. The molecule has 144 valence electrons. The number of benzene rings is 2. The first kappa shape index (κ1) is 18.8. The zero-order chi connectivity index (χ0) is 20.5. The predicted molar refractivity (Wildman–Crippen MR) is 107 cm³/mol. The number of amides is 4. The third kappa shape index (κ3) is 3.74. The molecule has 8 heteroatoms. The highest BCUT2D eigenvalue weighted by Gasteiger charge is 2.37. The second kappa shape index (κ2) is 7.48. The number of rotatable bonds is 3. The Bertz CT molecular complexity index is 1170. The number of barbiturate groups is 1. The third-order valence-electron chi connectivity index (χ3n) is 4.21. The fourth-order valence-corrected chi connectivity index (χ4v) is 3.24. The van der Waals surface area contributed by atoms with Crippen molar-refractivity contribution in [2.45, 2.75) is 0 Å². The van der Waals surface area contributed by atoms with Crippen molar-refractivity contribution in [3.8, 4) is 11.3 Å². The maximum atomic E-state index is 13.1. The first-order chi connectivity index (χ1) is 13.9. The summed E-state index contributed by atoms with van der Waals surface area (Å²) in [4.78, 5) is 38.2. The molecule has 2 heterocycles. The highest BCUT2D eigenvalue weighted by molar-refractivity contribution is 9.10. The van der Waals surface area contributed by atoms with Gasteiger partial charge in [-0.05, 0) is 60.7 Å². The van der Waals surface area contributed by atoms with E-state index in [4.69, 9.17) is 4.42 Å². The van der Waals surface area contributed by atoms with Crippen LogP contribution in [0.3, 0.4) is 0 Å². The van der Waals surface area contributed by atoms with Gasteiger partial charge in [-0.3, -0.25) is 14.9 Å². The van der Waals surface area contributed by atoms with Crippen molar-refractivity contribution in [3.63, 3.8) is 0 Å². The average molecular weight is 455 g/mol. The summed E-state index contributed by atoms with van der Waals surface area (Å²) in [7, 11) is 0. The lowest BCUT2D eigenvalue weighted by molar-refractivity contribution is -0.122. The van der Waals surface area contributed by atoms with Crippen molar-refractivity contribution in [1.29, 1.82) is 0 Å². The van der Waals surface area contributed by atoms with Gasteiger partial charge in [0.25, 0.3) is 11.8 Å². The van der Waals surface area contributed by atoms with Gasteiger partial charge in [-0.15, -0.1) is 0 Å². The lowest BCUT2D eigenvalue weighted by Crippen LogP contribution is -2.54. The Kier molecular flexibility index (Phi) is 4.85. The van der Waals surface area contributed by atoms with Crippen LogP contribution in [0.2, 0.25) is 0 Å². The molecule has 29 heavy (non-hydrogen) atoms. The molecule has 0 spiro atoms. The summed E-state index contributed by atoms with van der Waals surface area (Å²) in [5, 5.41) is 2.15. The van der Waals surface area contributed by atoms with Crippen LogP contribution in [0.4, 0.5) is 14.9 Å². The number of hydrogen-bond acceptors (Lipinski definition) is 4. The van der Waals surface area contributed by atoms with Crippen LogP contribution >= 0.6 is 15.9 Å². The van der Waals surface area contributed by atoms with Crippen LogP contribution in [0.5, 0.6) is 0 Å². The predicted octanol–water partition coefficient (Wildman–Crippen LogP) is 4.51. The molecular weight excluding hydrogens is 443 g/mol. The number of nitrogens with one attached hydrogen (secondary N) is 1. The Balaban J connectivity index is 1.67. The molecule has 0 radical (unpaired) electrons. The molecular formula is C21H12BrFN2O4. The Labute approximate surface area is 172 Å². The molecule has 0 saturated carbocycles. The molecule has 1 aliphatic rings. The van der Waals surface area contributed by atoms with E-state index in [1.165, 1.54) is 18.2 Å². The number of hydrogen-bond donors (Lipinski definition) is 1. The SMILES string of the molecule is O=C1NC(=O)N(c2cccc(Br)c2)C(=O)/C1=C/c1ccc(-c2ccc(F)cc2)o1. The number of nitrogens with zero attached hydrogens (tertiary/aromatic N) is 1. The highest BCUT2D eigenvalue weighted by Crippen LogP contribution is 2.27. The number of imide groups is 2. The minimum atomic E-state index is -0.832. The number of carbonyl (C=O) groups excluding carboxylic acids is 3. The first-order valence-corrected chi connectivity index (χ1v) is 9.24. The molecule has 1 aliphatic heterocycles. The molecule has 1 saturated heterocycles.